The fourth-order valence-electron chi connectivity index (χ4n) is 2.14. The minimum absolute atomic E-state index is 0.159. The number of nitrogens with one attached hydrogen (secondary N) is 1. The number of hydrogen-bond acceptors (Lipinski definition) is 1. The summed E-state index contributed by atoms with van der Waals surface area (Å²) in [6.07, 6.45) is 3.36. The molecule has 0 aromatic heterocycles. The van der Waals surface area contributed by atoms with Crippen molar-refractivity contribution >= 4 is 17.6 Å². The van der Waals surface area contributed by atoms with Crippen molar-refractivity contribution < 1.29 is 0 Å². The van der Waals surface area contributed by atoms with Gasteiger partial charge in [-0.3, -0.25) is 4.99 Å². The summed E-state index contributed by atoms with van der Waals surface area (Å²) in [7, 11) is 0. The summed E-state index contributed by atoms with van der Waals surface area (Å²) in [5.74, 6) is 0.544. The lowest BCUT2D eigenvalue weighted by Gasteiger charge is -2.16. The number of hydrogen-bond donors (Lipinski definition) is 2. The first-order valence-corrected chi connectivity index (χ1v) is 7.26. The number of benzene rings is 1. The van der Waals surface area contributed by atoms with Crippen molar-refractivity contribution in [2.24, 2.45) is 10.7 Å². The largest absolute Gasteiger partial charge is 0.370 e. The van der Waals surface area contributed by atoms with Crippen molar-refractivity contribution in [3.8, 4) is 0 Å². The third-order valence-corrected chi connectivity index (χ3v) is 4.08. The molecule has 19 heavy (non-hydrogen) atoms. The van der Waals surface area contributed by atoms with Crippen molar-refractivity contribution in [2.45, 2.75) is 44.6 Å². The van der Waals surface area contributed by atoms with Gasteiger partial charge in [-0.15, -0.1) is 0 Å². The number of nitrogens with zero attached hydrogens (tertiary/aromatic N) is 1. The fourth-order valence-corrected chi connectivity index (χ4v) is 2.33. The van der Waals surface area contributed by atoms with E-state index in [1.165, 1.54) is 5.56 Å². The lowest BCUT2D eigenvalue weighted by atomic mass is 9.96. The number of rotatable bonds is 5. The van der Waals surface area contributed by atoms with Crippen LogP contribution >= 0.6 is 11.6 Å². The topological polar surface area (TPSA) is 50.4 Å². The quantitative estimate of drug-likeness (QED) is 0.643. The lowest BCUT2D eigenvalue weighted by molar-refractivity contribution is 0.630. The number of aliphatic imine (C=N–C) groups is 1. The summed E-state index contributed by atoms with van der Waals surface area (Å²) in [4.78, 5) is 4.49. The predicted molar refractivity (Wildman–Crippen MR) is 81.7 cm³/mol. The van der Waals surface area contributed by atoms with Crippen LogP contribution in [0, 0.1) is 0 Å². The van der Waals surface area contributed by atoms with Crippen LogP contribution in [-0.4, -0.2) is 18.5 Å². The van der Waals surface area contributed by atoms with Gasteiger partial charge in [0.1, 0.15) is 0 Å². The lowest BCUT2D eigenvalue weighted by Crippen LogP contribution is -2.38. The molecule has 0 amide bonds. The van der Waals surface area contributed by atoms with Crippen molar-refractivity contribution in [1.82, 2.24) is 5.32 Å². The van der Waals surface area contributed by atoms with Crippen LogP contribution in [0.4, 0.5) is 0 Å². The molecule has 3 N–H and O–H groups in total. The molecule has 1 saturated carbocycles. The van der Waals surface area contributed by atoms with E-state index in [1.807, 2.05) is 18.2 Å². The van der Waals surface area contributed by atoms with Crippen LogP contribution in [0.15, 0.2) is 29.3 Å². The Balaban J connectivity index is 2.01. The van der Waals surface area contributed by atoms with Gasteiger partial charge < -0.3 is 11.1 Å². The van der Waals surface area contributed by atoms with E-state index in [-0.39, 0.29) is 5.41 Å². The normalized spacial score (nSPS) is 19.0. The molecule has 1 aliphatic rings. The summed E-state index contributed by atoms with van der Waals surface area (Å²) >= 11 is 6.06. The van der Waals surface area contributed by atoms with Crippen LogP contribution in [0.1, 0.15) is 38.7 Å². The van der Waals surface area contributed by atoms with E-state index >= 15 is 0 Å². The Kier molecular flexibility index (Phi) is 4.35. The van der Waals surface area contributed by atoms with Crippen LogP contribution in [0.3, 0.4) is 0 Å². The van der Waals surface area contributed by atoms with Gasteiger partial charge in [0.15, 0.2) is 5.96 Å². The third-order valence-electron chi connectivity index (χ3n) is 3.85. The summed E-state index contributed by atoms with van der Waals surface area (Å²) in [6.45, 7) is 4.97. The zero-order chi connectivity index (χ0) is 13.9. The van der Waals surface area contributed by atoms with Crippen molar-refractivity contribution in [1.29, 1.82) is 0 Å². The van der Waals surface area contributed by atoms with Gasteiger partial charge in [-0.2, -0.15) is 0 Å². The van der Waals surface area contributed by atoms with Gasteiger partial charge in [0, 0.05) is 16.5 Å². The van der Waals surface area contributed by atoms with E-state index in [4.69, 9.17) is 17.3 Å². The molecular formula is C15H22ClN3. The number of guanidine groups is 1. The van der Waals surface area contributed by atoms with E-state index < -0.39 is 0 Å². The summed E-state index contributed by atoms with van der Waals surface area (Å²) < 4.78 is 0. The highest BCUT2D eigenvalue weighted by molar-refractivity contribution is 6.30. The van der Waals surface area contributed by atoms with Gasteiger partial charge in [-0.05, 0) is 43.9 Å². The molecule has 1 unspecified atom stereocenters. The van der Waals surface area contributed by atoms with E-state index in [0.29, 0.717) is 12.0 Å². The van der Waals surface area contributed by atoms with Gasteiger partial charge in [0.25, 0.3) is 0 Å². The summed E-state index contributed by atoms with van der Waals surface area (Å²) in [5.41, 5.74) is 7.34. The van der Waals surface area contributed by atoms with Crippen LogP contribution in [-0.2, 0) is 5.41 Å². The molecule has 3 nitrogen and oxygen atoms in total. The molecule has 2 rings (SSSR count). The van der Waals surface area contributed by atoms with E-state index in [1.54, 1.807) is 0 Å². The average molecular weight is 280 g/mol. The standard InChI is InChI=1S/C15H22ClN3/c1-3-11(2)19-14(17)18-10-15(7-8-15)12-5-4-6-13(16)9-12/h4-6,9,11H,3,7-8,10H2,1-2H3,(H3,17,18,19). The second-order valence-corrected chi connectivity index (χ2v) is 5.88. The minimum atomic E-state index is 0.159. The molecular weight excluding hydrogens is 258 g/mol. The Hall–Kier alpha value is -1.22. The van der Waals surface area contributed by atoms with E-state index in [9.17, 15) is 0 Å². The van der Waals surface area contributed by atoms with Crippen LogP contribution in [0.25, 0.3) is 0 Å². The SMILES string of the molecule is CCC(C)NC(N)=NCC1(c2cccc(Cl)c2)CC1. The minimum Gasteiger partial charge on any atom is -0.370 e. The Bertz CT molecular complexity index is 466. The van der Waals surface area contributed by atoms with Crippen molar-refractivity contribution in [2.75, 3.05) is 6.54 Å². The first kappa shape index (κ1) is 14.2. The predicted octanol–water partition coefficient (Wildman–Crippen LogP) is 3.07. The molecule has 0 saturated heterocycles. The molecule has 0 aliphatic heterocycles. The highest BCUT2D eigenvalue weighted by Crippen LogP contribution is 2.48. The molecule has 1 atom stereocenters. The number of halogens is 1. The molecule has 0 heterocycles. The maximum absolute atomic E-state index is 6.06. The summed E-state index contributed by atoms with van der Waals surface area (Å²) in [5, 5.41) is 3.98. The first-order chi connectivity index (χ1) is 9.05. The monoisotopic (exact) mass is 279 g/mol. The molecule has 1 aromatic rings. The first-order valence-electron chi connectivity index (χ1n) is 6.88. The van der Waals surface area contributed by atoms with Gasteiger partial charge in [0.2, 0.25) is 0 Å². The maximum Gasteiger partial charge on any atom is 0.188 e. The highest BCUT2D eigenvalue weighted by atomic mass is 35.5. The molecule has 0 radical (unpaired) electrons. The fraction of sp³-hybridized carbons (Fsp3) is 0.533. The van der Waals surface area contributed by atoms with Gasteiger partial charge in [-0.25, -0.2) is 0 Å². The zero-order valence-corrected chi connectivity index (χ0v) is 12.4. The van der Waals surface area contributed by atoms with Gasteiger partial charge >= 0.3 is 0 Å². The Morgan fingerprint density at radius 3 is 2.84 bits per heavy atom. The van der Waals surface area contributed by atoms with Gasteiger partial charge in [-0.1, -0.05) is 30.7 Å². The second-order valence-electron chi connectivity index (χ2n) is 5.45. The van der Waals surface area contributed by atoms with Gasteiger partial charge in [0.05, 0.1) is 6.54 Å². The Morgan fingerprint density at radius 1 is 1.53 bits per heavy atom. The average Bonchev–Trinajstić information content (AvgIpc) is 3.17. The smallest absolute Gasteiger partial charge is 0.188 e. The molecule has 0 bridgehead atoms. The molecule has 1 fully saturated rings. The zero-order valence-electron chi connectivity index (χ0n) is 11.6. The second kappa shape index (κ2) is 5.83. The molecule has 0 spiro atoms. The third kappa shape index (κ3) is 3.63. The van der Waals surface area contributed by atoms with Crippen LogP contribution in [0.2, 0.25) is 5.02 Å². The molecule has 1 aromatic carbocycles. The highest BCUT2D eigenvalue weighted by Gasteiger charge is 2.44. The van der Waals surface area contributed by atoms with E-state index in [2.05, 4.69) is 30.2 Å². The Morgan fingerprint density at radius 2 is 2.26 bits per heavy atom. The molecule has 104 valence electrons. The van der Waals surface area contributed by atoms with Crippen LogP contribution in [0.5, 0.6) is 0 Å². The van der Waals surface area contributed by atoms with Crippen LogP contribution < -0.4 is 11.1 Å². The number of nitrogens with two attached hydrogens (primary N) is 1. The Labute approximate surface area is 120 Å². The van der Waals surface area contributed by atoms with Crippen molar-refractivity contribution in [3.05, 3.63) is 34.9 Å². The van der Waals surface area contributed by atoms with E-state index in [0.717, 1.165) is 30.8 Å². The maximum atomic E-state index is 6.06. The molecule has 1 aliphatic carbocycles. The summed E-state index contributed by atoms with van der Waals surface area (Å²) in [6, 6.07) is 8.45. The molecule has 4 heteroatoms. The van der Waals surface area contributed by atoms with Crippen molar-refractivity contribution in [3.63, 3.8) is 0 Å².